The summed E-state index contributed by atoms with van der Waals surface area (Å²) >= 11 is 3.41. The van der Waals surface area contributed by atoms with Gasteiger partial charge >= 0.3 is 0 Å². The van der Waals surface area contributed by atoms with E-state index in [1.54, 1.807) is 0 Å². The summed E-state index contributed by atoms with van der Waals surface area (Å²) in [6.45, 7) is 5.89. The van der Waals surface area contributed by atoms with Crippen LogP contribution in [0, 0.1) is 0 Å². The molecule has 3 nitrogen and oxygen atoms in total. The fourth-order valence-electron chi connectivity index (χ4n) is 1.40. The Bertz CT molecular complexity index is 303. The van der Waals surface area contributed by atoms with Crippen LogP contribution in [0.3, 0.4) is 0 Å². The monoisotopic (exact) mass is 315 g/mol. The van der Waals surface area contributed by atoms with Crippen LogP contribution >= 0.6 is 15.9 Å². The van der Waals surface area contributed by atoms with Crippen LogP contribution in [0.5, 0.6) is 0 Å². The Hall–Kier alpha value is -0.580. The average Bonchev–Trinajstić information content (AvgIpc) is 2.39. The van der Waals surface area contributed by atoms with E-state index < -0.39 is 0 Å². The second kappa shape index (κ2) is 10.4. The molecule has 0 unspecified atom stereocenters. The molecule has 102 valence electrons. The third kappa shape index (κ3) is 7.69. The van der Waals surface area contributed by atoms with E-state index in [2.05, 4.69) is 28.2 Å². The Labute approximate surface area is 118 Å². The molecule has 0 atom stereocenters. The van der Waals surface area contributed by atoms with Gasteiger partial charge in [0.15, 0.2) is 0 Å². The van der Waals surface area contributed by atoms with Gasteiger partial charge < -0.3 is 14.8 Å². The minimum absolute atomic E-state index is 0.672. The summed E-state index contributed by atoms with van der Waals surface area (Å²) < 4.78 is 12.0. The van der Waals surface area contributed by atoms with E-state index in [1.165, 1.54) is 6.42 Å². The number of anilines is 1. The van der Waals surface area contributed by atoms with E-state index in [1.807, 2.05) is 24.3 Å². The largest absolute Gasteiger partial charge is 0.383 e. The van der Waals surface area contributed by atoms with Crippen molar-refractivity contribution in [2.45, 2.75) is 19.8 Å². The fraction of sp³-hybridized carbons (Fsp3) is 0.571. The van der Waals surface area contributed by atoms with E-state index in [9.17, 15) is 0 Å². The maximum atomic E-state index is 5.46. The molecule has 0 aromatic heterocycles. The second-order valence-corrected chi connectivity index (χ2v) is 4.93. The highest BCUT2D eigenvalue weighted by molar-refractivity contribution is 9.10. The first kappa shape index (κ1) is 15.5. The highest BCUT2D eigenvalue weighted by Gasteiger charge is 1.93. The van der Waals surface area contributed by atoms with E-state index >= 15 is 0 Å². The first-order valence-corrected chi connectivity index (χ1v) is 7.27. The van der Waals surface area contributed by atoms with Gasteiger partial charge in [-0.2, -0.15) is 0 Å². The van der Waals surface area contributed by atoms with E-state index in [0.29, 0.717) is 19.8 Å². The summed E-state index contributed by atoms with van der Waals surface area (Å²) in [5.41, 5.74) is 1.11. The summed E-state index contributed by atoms with van der Waals surface area (Å²) in [6, 6.07) is 8.12. The predicted octanol–water partition coefficient (Wildman–Crippen LogP) is 3.69. The van der Waals surface area contributed by atoms with Crippen molar-refractivity contribution >= 4 is 21.6 Å². The molecule has 0 saturated carbocycles. The molecular formula is C14H22BrNO2. The lowest BCUT2D eigenvalue weighted by Crippen LogP contribution is -2.12. The third-order valence-electron chi connectivity index (χ3n) is 2.43. The number of unbranched alkanes of at least 4 members (excludes halogenated alkanes) is 1. The molecule has 1 N–H and O–H groups in total. The van der Waals surface area contributed by atoms with Crippen molar-refractivity contribution in [3.63, 3.8) is 0 Å². The van der Waals surface area contributed by atoms with Crippen molar-refractivity contribution in [3.8, 4) is 0 Å². The van der Waals surface area contributed by atoms with Gasteiger partial charge in [0.2, 0.25) is 0 Å². The van der Waals surface area contributed by atoms with Crippen LogP contribution in [0.4, 0.5) is 5.69 Å². The van der Waals surface area contributed by atoms with E-state index in [-0.39, 0.29) is 0 Å². The SMILES string of the molecule is CCCCOCCOCCNc1ccc(Br)cc1. The van der Waals surface area contributed by atoms with Crippen LogP contribution in [0.1, 0.15) is 19.8 Å². The third-order valence-corrected chi connectivity index (χ3v) is 2.96. The first-order chi connectivity index (χ1) is 8.83. The molecule has 0 radical (unpaired) electrons. The van der Waals surface area contributed by atoms with Gasteiger partial charge in [0.05, 0.1) is 19.8 Å². The highest BCUT2D eigenvalue weighted by Crippen LogP contribution is 2.13. The van der Waals surface area contributed by atoms with Crippen LogP contribution in [-0.4, -0.2) is 33.0 Å². The van der Waals surface area contributed by atoms with Crippen LogP contribution in [-0.2, 0) is 9.47 Å². The lowest BCUT2D eigenvalue weighted by atomic mass is 10.3. The molecule has 0 aliphatic rings. The van der Waals surface area contributed by atoms with Crippen molar-refractivity contribution in [1.82, 2.24) is 0 Å². The van der Waals surface area contributed by atoms with E-state index in [0.717, 1.165) is 29.7 Å². The topological polar surface area (TPSA) is 30.5 Å². The van der Waals surface area contributed by atoms with Gasteiger partial charge in [0, 0.05) is 23.3 Å². The molecule has 0 heterocycles. The van der Waals surface area contributed by atoms with Gasteiger partial charge in [0.1, 0.15) is 0 Å². The van der Waals surface area contributed by atoms with Gasteiger partial charge in [-0.1, -0.05) is 29.3 Å². The molecule has 1 aromatic carbocycles. The summed E-state index contributed by atoms with van der Waals surface area (Å²) in [7, 11) is 0. The normalized spacial score (nSPS) is 10.6. The zero-order valence-corrected chi connectivity index (χ0v) is 12.5. The summed E-state index contributed by atoms with van der Waals surface area (Å²) in [6.07, 6.45) is 2.31. The smallest absolute Gasteiger partial charge is 0.0701 e. The van der Waals surface area contributed by atoms with Crippen LogP contribution in [0.25, 0.3) is 0 Å². The summed E-state index contributed by atoms with van der Waals surface area (Å²) in [5.74, 6) is 0. The number of hydrogen-bond donors (Lipinski definition) is 1. The van der Waals surface area contributed by atoms with Crippen molar-refractivity contribution < 1.29 is 9.47 Å². The van der Waals surface area contributed by atoms with Gasteiger partial charge in [0.25, 0.3) is 0 Å². The predicted molar refractivity (Wildman–Crippen MR) is 79.2 cm³/mol. The molecule has 1 rings (SSSR count). The van der Waals surface area contributed by atoms with Gasteiger partial charge in [-0.05, 0) is 30.7 Å². The molecule has 0 saturated heterocycles. The number of nitrogens with one attached hydrogen (secondary N) is 1. The molecule has 0 aliphatic carbocycles. The molecule has 18 heavy (non-hydrogen) atoms. The molecule has 0 spiro atoms. The van der Waals surface area contributed by atoms with Crippen molar-refractivity contribution in [1.29, 1.82) is 0 Å². The zero-order chi connectivity index (χ0) is 13.1. The molecular weight excluding hydrogens is 294 g/mol. The maximum Gasteiger partial charge on any atom is 0.0701 e. The highest BCUT2D eigenvalue weighted by atomic mass is 79.9. The molecule has 4 heteroatoms. The molecule has 0 fully saturated rings. The second-order valence-electron chi connectivity index (χ2n) is 4.01. The van der Waals surface area contributed by atoms with Crippen LogP contribution < -0.4 is 5.32 Å². The van der Waals surface area contributed by atoms with Crippen molar-refractivity contribution in [2.24, 2.45) is 0 Å². The zero-order valence-electron chi connectivity index (χ0n) is 11.0. The Morgan fingerprint density at radius 1 is 1.00 bits per heavy atom. The lowest BCUT2D eigenvalue weighted by Gasteiger charge is -2.08. The average molecular weight is 316 g/mol. The quantitative estimate of drug-likeness (QED) is 0.668. The molecule has 1 aromatic rings. The first-order valence-electron chi connectivity index (χ1n) is 6.48. The van der Waals surface area contributed by atoms with E-state index in [4.69, 9.17) is 9.47 Å². The lowest BCUT2D eigenvalue weighted by molar-refractivity contribution is 0.0505. The number of hydrogen-bond acceptors (Lipinski definition) is 3. The number of benzene rings is 1. The Morgan fingerprint density at radius 3 is 2.33 bits per heavy atom. The minimum atomic E-state index is 0.672. The van der Waals surface area contributed by atoms with Crippen LogP contribution in [0.15, 0.2) is 28.7 Å². The molecule has 0 bridgehead atoms. The van der Waals surface area contributed by atoms with Crippen molar-refractivity contribution in [3.05, 3.63) is 28.7 Å². The summed E-state index contributed by atoms with van der Waals surface area (Å²) in [5, 5.41) is 3.30. The molecule has 0 aliphatic heterocycles. The summed E-state index contributed by atoms with van der Waals surface area (Å²) in [4.78, 5) is 0. The minimum Gasteiger partial charge on any atom is -0.383 e. The standard InChI is InChI=1S/C14H22BrNO2/c1-2-3-9-17-11-12-18-10-8-16-14-6-4-13(15)5-7-14/h4-7,16H,2-3,8-12H2,1H3. The molecule has 0 amide bonds. The Kier molecular flexibility index (Phi) is 8.90. The van der Waals surface area contributed by atoms with Crippen LogP contribution in [0.2, 0.25) is 0 Å². The number of halogens is 1. The van der Waals surface area contributed by atoms with Gasteiger partial charge in [-0.3, -0.25) is 0 Å². The van der Waals surface area contributed by atoms with Gasteiger partial charge in [-0.25, -0.2) is 0 Å². The fourth-order valence-corrected chi connectivity index (χ4v) is 1.67. The van der Waals surface area contributed by atoms with Gasteiger partial charge in [-0.15, -0.1) is 0 Å². The maximum absolute atomic E-state index is 5.46. The van der Waals surface area contributed by atoms with Crippen molar-refractivity contribution in [2.75, 3.05) is 38.3 Å². The number of rotatable bonds is 10. The number of ether oxygens (including phenoxy) is 2. The Balaban J connectivity index is 1.91. The Morgan fingerprint density at radius 2 is 1.67 bits per heavy atom.